The third kappa shape index (κ3) is 5.12. The summed E-state index contributed by atoms with van der Waals surface area (Å²) in [6.07, 6.45) is -2.02. The van der Waals surface area contributed by atoms with Gasteiger partial charge in [-0.05, 0) is 19.4 Å². The Bertz CT molecular complexity index is 475. The topological polar surface area (TPSA) is 45.2 Å². The van der Waals surface area contributed by atoms with E-state index < -0.39 is 11.9 Å². The number of hydrogen-bond donors (Lipinski definition) is 1. The summed E-state index contributed by atoms with van der Waals surface area (Å²) in [7, 11) is 1.59. The van der Waals surface area contributed by atoms with Crippen molar-refractivity contribution < 1.29 is 18.0 Å². The predicted molar refractivity (Wildman–Crippen MR) is 76.5 cm³/mol. The molecule has 1 atom stereocenters. The largest absolute Gasteiger partial charge is 0.434 e. The lowest BCUT2D eigenvalue weighted by atomic mass is 10.1. The molecule has 0 spiro atoms. The van der Waals surface area contributed by atoms with Gasteiger partial charge in [0.1, 0.15) is 5.01 Å². The van der Waals surface area contributed by atoms with Crippen LogP contribution < -0.4 is 5.32 Å². The van der Waals surface area contributed by atoms with Gasteiger partial charge in [-0.15, -0.1) is 23.7 Å². The van der Waals surface area contributed by atoms with Crippen molar-refractivity contribution in [3.05, 3.63) is 16.1 Å². The average Bonchev–Trinajstić information content (AvgIpc) is 2.98. The monoisotopic (exact) mass is 343 g/mol. The van der Waals surface area contributed by atoms with Crippen LogP contribution in [0.1, 0.15) is 30.0 Å². The van der Waals surface area contributed by atoms with Gasteiger partial charge in [0.2, 0.25) is 5.91 Å². The molecule has 1 aromatic rings. The van der Waals surface area contributed by atoms with Crippen LogP contribution in [0.4, 0.5) is 13.2 Å². The molecular formula is C12H17ClF3N3OS. The fourth-order valence-corrected chi connectivity index (χ4v) is 2.96. The molecule has 0 radical (unpaired) electrons. The first kappa shape index (κ1) is 18.2. The van der Waals surface area contributed by atoms with Crippen LogP contribution in [0.5, 0.6) is 0 Å². The molecule has 1 aliphatic heterocycles. The number of hydrogen-bond acceptors (Lipinski definition) is 4. The second kappa shape index (κ2) is 7.42. The van der Waals surface area contributed by atoms with Crippen molar-refractivity contribution in [1.82, 2.24) is 15.2 Å². The Morgan fingerprint density at radius 2 is 2.29 bits per heavy atom. The second-order valence-corrected chi connectivity index (χ2v) is 5.81. The van der Waals surface area contributed by atoms with E-state index >= 15 is 0 Å². The van der Waals surface area contributed by atoms with E-state index in [-0.39, 0.29) is 30.9 Å². The van der Waals surface area contributed by atoms with Gasteiger partial charge in [0.15, 0.2) is 5.69 Å². The third-order valence-corrected chi connectivity index (χ3v) is 4.06. The fraction of sp³-hybridized carbons (Fsp3) is 0.667. The van der Waals surface area contributed by atoms with Crippen molar-refractivity contribution >= 4 is 29.7 Å². The normalized spacial score (nSPS) is 18.4. The lowest BCUT2D eigenvalue weighted by molar-refractivity contribution is -0.140. The van der Waals surface area contributed by atoms with Crippen molar-refractivity contribution in [2.75, 3.05) is 13.6 Å². The third-order valence-electron chi connectivity index (χ3n) is 3.22. The molecule has 2 rings (SSSR count). The van der Waals surface area contributed by atoms with Gasteiger partial charge in [-0.2, -0.15) is 13.2 Å². The van der Waals surface area contributed by atoms with Crippen LogP contribution in [0.2, 0.25) is 0 Å². The van der Waals surface area contributed by atoms with E-state index in [0.29, 0.717) is 11.4 Å². The Morgan fingerprint density at radius 3 is 2.81 bits per heavy atom. The maximum absolute atomic E-state index is 12.4. The number of halogens is 4. The Morgan fingerprint density at radius 1 is 1.57 bits per heavy atom. The summed E-state index contributed by atoms with van der Waals surface area (Å²) in [6, 6.07) is 0.187. The highest BCUT2D eigenvalue weighted by Gasteiger charge is 2.33. The summed E-state index contributed by atoms with van der Waals surface area (Å²) in [5.41, 5.74) is -0.893. The standard InChI is InChI=1S/C12H16F3N3OS.ClH/c1-18(11(19)5-8-3-2-4-16-8)6-10-17-9(7-20-10)12(13,14)15;/h7-8,16H,2-6H2,1H3;1H. The average molecular weight is 344 g/mol. The van der Waals surface area contributed by atoms with Gasteiger partial charge in [-0.3, -0.25) is 4.79 Å². The number of thiazole rings is 1. The van der Waals surface area contributed by atoms with Crippen LogP contribution in [0.15, 0.2) is 5.38 Å². The number of rotatable bonds is 4. The zero-order valence-electron chi connectivity index (χ0n) is 11.4. The highest BCUT2D eigenvalue weighted by Crippen LogP contribution is 2.30. The molecule has 1 unspecified atom stereocenters. The smallest absolute Gasteiger partial charge is 0.339 e. The lowest BCUT2D eigenvalue weighted by Gasteiger charge is -2.18. The molecular weight excluding hydrogens is 327 g/mol. The summed E-state index contributed by atoms with van der Waals surface area (Å²) < 4.78 is 37.3. The minimum Gasteiger partial charge on any atom is -0.339 e. The molecule has 4 nitrogen and oxygen atoms in total. The van der Waals surface area contributed by atoms with Crippen LogP contribution >= 0.6 is 23.7 Å². The Labute approximate surface area is 131 Å². The minimum absolute atomic E-state index is 0. The molecule has 21 heavy (non-hydrogen) atoms. The molecule has 1 N–H and O–H groups in total. The maximum Gasteiger partial charge on any atom is 0.434 e. The van der Waals surface area contributed by atoms with E-state index in [0.717, 1.165) is 36.1 Å². The van der Waals surface area contributed by atoms with Gasteiger partial charge >= 0.3 is 6.18 Å². The Balaban J connectivity index is 0.00000220. The number of nitrogens with one attached hydrogen (secondary N) is 1. The number of alkyl halides is 3. The number of carbonyl (C=O) groups is 1. The minimum atomic E-state index is -4.43. The molecule has 1 saturated heterocycles. The van der Waals surface area contributed by atoms with Gasteiger partial charge < -0.3 is 10.2 Å². The van der Waals surface area contributed by atoms with E-state index in [1.165, 1.54) is 4.90 Å². The van der Waals surface area contributed by atoms with Gasteiger partial charge in [-0.25, -0.2) is 4.98 Å². The molecule has 0 bridgehead atoms. The van der Waals surface area contributed by atoms with Crippen LogP contribution in [-0.2, 0) is 17.5 Å². The Kier molecular flexibility index (Phi) is 6.42. The van der Waals surface area contributed by atoms with Gasteiger partial charge in [-0.1, -0.05) is 0 Å². The number of carbonyl (C=O) groups excluding carboxylic acids is 1. The molecule has 0 aliphatic carbocycles. The van der Waals surface area contributed by atoms with Crippen LogP contribution in [0.25, 0.3) is 0 Å². The zero-order valence-corrected chi connectivity index (χ0v) is 13.1. The van der Waals surface area contributed by atoms with Crippen molar-refractivity contribution in [2.45, 2.75) is 38.0 Å². The maximum atomic E-state index is 12.4. The summed E-state index contributed by atoms with van der Waals surface area (Å²) in [5, 5.41) is 4.50. The summed E-state index contributed by atoms with van der Waals surface area (Å²) in [4.78, 5) is 16.9. The molecule has 1 aromatic heterocycles. The van der Waals surface area contributed by atoms with E-state index in [1.807, 2.05) is 0 Å². The predicted octanol–water partition coefficient (Wildman–Crippen LogP) is 2.68. The fourth-order valence-electron chi connectivity index (χ4n) is 2.10. The Hall–Kier alpha value is -0.860. The van der Waals surface area contributed by atoms with Crippen LogP contribution in [0, 0.1) is 0 Å². The molecule has 1 amide bonds. The second-order valence-electron chi connectivity index (χ2n) is 4.87. The van der Waals surface area contributed by atoms with E-state index in [4.69, 9.17) is 0 Å². The van der Waals surface area contributed by atoms with Crippen LogP contribution in [-0.4, -0.2) is 35.4 Å². The molecule has 0 saturated carbocycles. The molecule has 120 valence electrons. The first-order valence-electron chi connectivity index (χ1n) is 6.35. The zero-order chi connectivity index (χ0) is 14.8. The van der Waals surface area contributed by atoms with Gasteiger partial charge in [0.05, 0.1) is 6.54 Å². The highest BCUT2D eigenvalue weighted by molar-refractivity contribution is 7.09. The first-order chi connectivity index (χ1) is 9.36. The summed E-state index contributed by atoms with van der Waals surface area (Å²) in [5.74, 6) is -0.0758. The van der Waals surface area contributed by atoms with Crippen molar-refractivity contribution in [3.8, 4) is 0 Å². The van der Waals surface area contributed by atoms with Crippen LogP contribution in [0.3, 0.4) is 0 Å². The quantitative estimate of drug-likeness (QED) is 0.914. The summed E-state index contributed by atoms with van der Waals surface area (Å²) in [6.45, 7) is 1.04. The molecule has 0 aromatic carbocycles. The molecule has 9 heteroatoms. The van der Waals surface area contributed by atoms with Gasteiger partial charge in [0.25, 0.3) is 0 Å². The van der Waals surface area contributed by atoms with Crippen molar-refractivity contribution in [2.24, 2.45) is 0 Å². The number of nitrogens with zero attached hydrogens (tertiary/aromatic N) is 2. The van der Waals surface area contributed by atoms with E-state index in [1.54, 1.807) is 7.05 Å². The number of aromatic nitrogens is 1. The van der Waals surface area contributed by atoms with Crippen molar-refractivity contribution in [3.63, 3.8) is 0 Å². The first-order valence-corrected chi connectivity index (χ1v) is 7.23. The lowest BCUT2D eigenvalue weighted by Crippen LogP contribution is -2.33. The number of amides is 1. The van der Waals surface area contributed by atoms with E-state index in [2.05, 4.69) is 10.3 Å². The molecule has 2 heterocycles. The summed E-state index contributed by atoms with van der Waals surface area (Å²) >= 11 is 0.924. The SMILES string of the molecule is CN(Cc1nc(C(F)(F)F)cs1)C(=O)CC1CCCN1.Cl. The molecule has 1 aliphatic rings. The van der Waals surface area contributed by atoms with E-state index in [9.17, 15) is 18.0 Å². The highest BCUT2D eigenvalue weighted by atomic mass is 35.5. The van der Waals surface area contributed by atoms with Gasteiger partial charge in [0, 0.05) is 24.9 Å². The van der Waals surface area contributed by atoms with Crippen molar-refractivity contribution in [1.29, 1.82) is 0 Å². The molecule has 1 fully saturated rings.